The lowest BCUT2D eigenvalue weighted by Crippen LogP contribution is -2.55. The Morgan fingerprint density at radius 2 is 2.27 bits per heavy atom. The van der Waals surface area contributed by atoms with Gasteiger partial charge in [0, 0.05) is 50.5 Å². The van der Waals surface area contributed by atoms with Gasteiger partial charge in [0.1, 0.15) is 6.10 Å². The third-order valence-corrected chi connectivity index (χ3v) is 4.31. The highest BCUT2D eigenvalue weighted by Crippen LogP contribution is 2.38. The van der Waals surface area contributed by atoms with Crippen molar-refractivity contribution in [1.29, 1.82) is 0 Å². The number of alkyl halides is 2. The zero-order valence-corrected chi connectivity index (χ0v) is 12.3. The number of carbonyl (C=O) groups is 1. The van der Waals surface area contributed by atoms with Crippen LogP contribution in [0.15, 0.2) is 24.5 Å². The molecular weight excluding hydrogens is 292 g/mol. The number of urea groups is 1. The summed E-state index contributed by atoms with van der Waals surface area (Å²) >= 11 is 0. The van der Waals surface area contributed by atoms with Crippen LogP contribution in [0.2, 0.25) is 0 Å². The fraction of sp³-hybridized carbons (Fsp3) is 0.600. The minimum Gasteiger partial charge on any atom is -0.371 e. The maximum Gasteiger partial charge on any atom is 0.317 e. The average Bonchev–Trinajstić information content (AvgIpc) is 2.94. The fourth-order valence-corrected chi connectivity index (χ4v) is 3.03. The van der Waals surface area contributed by atoms with E-state index in [-0.39, 0.29) is 31.0 Å². The molecule has 120 valence electrons. The van der Waals surface area contributed by atoms with E-state index < -0.39 is 12.0 Å². The minimum atomic E-state index is -2.63. The number of ether oxygens (including phenoxy) is 1. The third kappa shape index (κ3) is 3.04. The highest BCUT2D eigenvalue weighted by atomic mass is 19.3. The van der Waals surface area contributed by atoms with Crippen molar-refractivity contribution in [2.24, 2.45) is 0 Å². The lowest BCUT2D eigenvalue weighted by molar-refractivity contribution is -0.0904. The number of pyridine rings is 1. The van der Waals surface area contributed by atoms with Crippen LogP contribution in [0.5, 0.6) is 0 Å². The standard InChI is InChI=1S/C15H19F2N3O2/c1-20(14(21)19-11-7-15(16,17)8-11)12-4-6-22-13(12)10-3-2-5-18-9-10/h2-3,5,9,11-13H,4,6-8H2,1H3,(H,19,21)/t12-,13+/m0/s1. The van der Waals surface area contributed by atoms with Gasteiger partial charge < -0.3 is 15.0 Å². The maximum absolute atomic E-state index is 12.8. The fourth-order valence-electron chi connectivity index (χ4n) is 3.03. The molecule has 7 heteroatoms. The Hall–Kier alpha value is -1.76. The summed E-state index contributed by atoms with van der Waals surface area (Å²) in [5.74, 6) is -2.63. The summed E-state index contributed by atoms with van der Waals surface area (Å²) in [4.78, 5) is 17.8. The number of rotatable bonds is 3. The number of likely N-dealkylation sites (N-methyl/N-ethyl adjacent to an activating group) is 1. The first kappa shape index (κ1) is 15.1. The Morgan fingerprint density at radius 3 is 2.91 bits per heavy atom. The van der Waals surface area contributed by atoms with Crippen LogP contribution in [-0.4, -0.2) is 47.6 Å². The smallest absolute Gasteiger partial charge is 0.317 e. The van der Waals surface area contributed by atoms with E-state index in [0.717, 1.165) is 5.56 Å². The number of carbonyl (C=O) groups excluding carboxylic acids is 1. The van der Waals surface area contributed by atoms with Gasteiger partial charge in [0.25, 0.3) is 5.92 Å². The lowest BCUT2D eigenvalue weighted by Gasteiger charge is -2.37. The van der Waals surface area contributed by atoms with Crippen molar-refractivity contribution in [1.82, 2.24) is 15.2 Å². The van der Waals surface area contributed by atoms with E-state index in [2.05, 4.69) is 10.3 Å². The summed E-state index contributed by atoms with van der Waals surface area (Å²) in [7, 11) is 1.68. The molecule has 22 heavy (non-hydrogen) atoms. The molecular formula is C15H19F2N3O2. The summed E-state index contributed by atoms with van der Waals surface area (Å²) in [6, 6.07) is 2.84. The van der Waals surface area contributed by atoms with Gasteiger partial charge >= 0.3 is 6.03 Å². The first-order valence-corrected chi connectivity index (χ1v) is 7.39. The molecule has 5 nitrogen and oxygen atoms in total. The molecule has 0 aromatic carbocycles. The van der Waals surface area contributed by atoms with E-state index in [1.807, 2.05) is 12.1 Å². The van der Waals surface area contributed by atoms with Crippen molar-refractivity contribution in [3.63, 3.8) is 0 Å². The molecule has 3 rings (SSSR count). The second-order valence-corrected chi connectivity index (χ2v) is 5.96. The van der Waals surface area contributed by atoms with Gasteiger partial charge in [-0.2, -0.15) is 0 Å². The van der Waals surface area contributed by atoms with Gasteiger partial charge in [-0.3, -0.25) is 4.98 Å². The quantitative estimate of drug-likeness (QED) is 0.932. The van der Waals surface area contributed by atoms with Gasteiger partial charge in [0.2, 0.25) is 0 Å². The molecule has 2 aliphatic rings. The first-order chi connectivity index (χ1) is 10.5. The Morgan fingerprint density at radius 1 is 1.50 bits per heavy atom. The van der Waals surface area contributed by atoms with E-state index in [9.17, 15) is 13.6 Å². The second-order valence-electron chi connectivity index (χ2n) is 5.96. The van der Waals surface area contributed by atoms with Crippen LogP contribution in [0.25, 0.3) is 0 Å². The van der Waals surface area contributed by atoms with Gasteiger partial charge in [-0.1, -0.05) is 6.07 Å². The molecule has 2 atom stereocenters. The Kier molecular flexibility index (Phi) is 3.99. The third-order valence-electron chi connectivity index (χ3n) is 4.31. The summed E-state index contributed by atoms with van der Waals surface area (Å²) in [5, 5.41) is 2.66. The SMILES string of the molecule is CN(C(=O)NC1CC(F)(F)C1)[C@H]1CCO[C@@H]1c1cccnc1. The molecule has 0 radical (unpaired) electrons. The summed E-state index contributed by atoms with van der Waals surface area (Å²) in [6.07, 6.45) is 3.33. The van der Waals surface area contributed by atoms with E-state index in [1.54, 1.807) is 24.3 Å². The van der Waals surface area contributed by atoms with Crippen LogP contribution in [-0.2, 0) is 4.74 Å². The molecule has 1 aromatic rings. The van der Waals surface area contributed by atoms with Gasteiger partial charge in [-0.15, -0.1) is 0 Å². The predicted molar refractivity (Wildman–Crippen MR) is 75.6 cm³/mol. The Bertz CT molecular complexity index is 533. The molecule has 2 fully saturated rings. The molecule has 1 saturated carbocycles. The number of nitrogens with zero attached hydrogens (tertiary/aromatic N) is 2. The van der Waals surface area contributed by atoms with Gasteiger partial charge in [-0.05, 0) is 12.5 Å². The highest BCUT2D eigenvalue weighted by molar-refractivity contribution is 5.75. The van der Waals surface area contributed by atoms with E-state index in [0.29, 0.717) is 13.0 Å². The molecule has 0 bridgehead atoms. The zero-order valence-electron chi connectivity index (χ0n) is 12.3. The zero-order chi connectivity index (χ0) is 15.7. The van der Waals surface area contributed by atoms with Gasteiger partial charge in [0.15, 0.2) is 0 Å². The first-order valence-electron chi connectivity index (χ1n) is 7.39. The van der Waals surface area contributed by atoms with Crippen LogP contribution in [0.4, 0.5) is 13.6 Å². The molecule has 1 aliphatic heterocycles. The molecule has 1 aliphatic carbocycles. The van der Waals surface area contributed by atoms with Crippen LogP contribution >= 0.6 is 0 Å². The van der Waals surface area contributed by atoms with Gasteiger partial charge in [0.05, 0.1) is 6.04 Å². The van der Waals surface area contributed by atoms with Crippen molar-refractivity contribution in [3.05, 3.63) is 30.1 Å². The number of hydrogen-bond donors (Lipinski definition) is 1. The minimum absolute atomic E-state index is 0.121. The monoisotopic (exact) mass is 311 g/mol. The second kappa shape index (κ2) is 5.79. The van der Waals surface area contributed by atoms with E-state index in [4.69, 9.17) is 4.74 Å². The van der Waals surface area contributed by atoms with Crippen LogP contribution in [0.3, 0.4) is 0 Å². The topological polar surface area (TPSA) is 54.5 Å². The summed E-state index contributed by atoms with van der Waals surface area (Å²) < 4.78 is 31.4. The average molecular weight is 311 g/mol. The number of halogens is 2. The van der Waals surface area contributed by atoms with Gasteiger partial charge in [-0.25, -0.2) is 13.6 Å². The molecule has 0 spiro atoms. The number of nitrogens with one attached hydrogen (secondary N) is 1. The Balaban J connectivity index is 1.61. The maximum atomic E-state index is 12.8. The molecule has 1 saturated heterocycles. The molecule has 2 amide bonds. The molecule has 1 N–H and O–H groups in total. The largest absolute Gasteiger partial charge is 0.371 e. The van der Waals surface area contributed by atoms with Crippen LogP contribution < -0.4 is 5.32 Å². The predicted octanol–water partition coefficient (Wildman–Crippen LogP) is 2.35. The number of amides is 2. The Labute approximate surface area is 127 Å². The number of hydrogen-bond acceptors (Lipinski definition) is 3. The van der Waals surface area contributed by atoms with Crippen molar-refractivity contribution < 1.29 is 18.3 Å². The normalized spacial score (nSPS) is 27.2. The summed E-state index contributed by atoms with van der Waals surface area (Å²) in [5.41, 5.74) is 0.917. The highest BCUT2D eigenvalue weighted by Gasteiger charge is 2.46. The van der Waals surface area contributed by atoms with Crippen LogP contribution in [0, 0.1) is 0 Å². The van der Waals surface area contributed by atoms with Crippen molar-refractivity contribution >= 4 is 6.03 Å². The van der Waals surface area contributed by atoms with Crippen LogP contribution in [0.1, 0.15) is 30.9 Å². The van der Waals surface area contributed by atoms with E-state index >= 15 is 0 Å². The van der Waals surface area contributed by atoms with Crippen molar-refractivity contribution in [3.8, 4) is 0 Å². The summed E-state index contributed by atoms with van der Waals surface area (Å²) in [6.45, 7) is 0.559. The van der Waals surface area contributed by atoms with Crippen molar-refractivity contribution in [2.75, 3.05) is 13.7 Å². The molecule has 1 aromatic heterocycles. The lowest BCUT2D eigenvalue weighted by atomic mass is 9.88. The van der Waals surface area contributed by atoms with Crippen molar-refractivity contribution in [2.45, 2.75) is 43.4 Å². The van der Waals surface area contributed by atoms with E-state index in [1.165, 1.54) is 0 Å². The number of aromatic nitrogens is 1. The molecule has 2 heterocycles. The molecule has 0 unspecified atom stereocenters.